The van der Waals surface area contributed by atoms with Crippen LogP contribution in [0.4, 0.5) is 0 Å². The molecule has 0 spiro atoms. The third kappa shape index (κ3) is 3.72. The van der Waals surface area contributed by atoms with Crippen LogP contribution in [0.15, 0.2) is 59.1 Å². The average molecular weight is 393 g/mol. The van der Waals surface area contributed by atoms with E-state index in [9.17, 15) is 9.59 Å². The molecule has 1 aromatic carbocycles. The summed E-state index contributed by atoms with van der Waals surface area (Å²) >= 11 is 1.40. The van der Waals surface area contributed by atoms with E-state index in [4.69, 9.17) is 0 Å². The van der Waals surface area contributed by atoms with E-state index in [2.05, 4.69) is 15.4 Å². The van der Waals surface area contributed by atoms with Gasteiger partial charge in [0.25, 0.3) is 11.5 Å². The Hall–Kier alpha value is -3.26. The van der Waals surface area contributed by atoms with Crippen LogP contribution in [0.2, 0.25) is 0 Å². The van der Waals surface area contributed by atoms with Gasteiger partial charge < -0.3 is 5.32 Å². The van der Waals surface area contributed by atoms with Crippen LogP contribution in [0.3, 0.4) is 0 Å². The first-order valence-electron chi connectivity index (χ1n) is 8.90. The van der Waals surface area contributed by atoms with Crippen LogP contribution >= 0.6 is 11.3 Å². The van der Waals surface area contributed by atoms with Gasteiger partial charge in [-0.2, -0.15) is 5.10 Å². The van der Waals surface area contributed by atoms with Gasteiger partial charge in [0.2, 0.25) is 0 Å². The minimum absolute atomic E-state index is 0.111. The van der Waals surface area contributed by atoms with E-state index in [0.29, 0.717) is 35.5 Å². The highest BCUT2D eigenvalue weighted by Gasteiger charge is 2.11. The van der Waals surface area contributed by atoms with E-state index in [1.54, 1.807) is 21.6 Å². The van der Waals surface area contributed by atoms with E-state index in [-0.39, 0.29) is 11.5 Å². The first-order chi connectivity index (χ1) is 13.6. The van der Waals surface area contributed by atoms with Gasteiger partial charge in [-0.25, -0.2) is 9.67 Å². The van der Waals surface area contributed by atoms with E-state index >= 15 is 0 Å². The monoisotopic (exact) mass is 393 g/mol. The lowest BCUT2D eigenvalue weighted by Gasteiger charge is -2.07. The highest BCUT2D eigenvalue weighted by molar-refractivity contribution is 7.12. The van der Waals surface area contributed by atoms with E-state index < -0.39 is 0 Å². The minimum Gasteiger partial charge on any atom is -0.349 e. The van der Waals surface area contributed by atoms with Crippen molar-refractivity contribution >= 4 is 28.3 Å². The number of benzene rings is 1. The number of hydrogen-bond donors (Lipinski definition) is 1. The van der Waals surface area contributed by atoms with Crippen molar-refractivity contribution in [2.45, 2.75) is 20.0 Å². The van der Waals surface area contributed by atoms with Crippen molar-refractivity contribution in [1.82, 2.24) is 24.6 Å². The van der Waals surface area contributed by atoms with Crippen molar-refractivity contribution in [3.05, 3.63) is 80.7 Å². The number of amides is 1. The van der Waals surface area contributed by atoms with Gasteiger partial charge in [0.15, 0.2) is 5.65 Å². The van der Waals surface area contributed by atoms with Crippen LogP contribution in [0, 0.1) is 6.92 Å². The van der Waals surface area contributed by atoms with E-state index in [0.717, 1.165) is 5.56 Å². The van der Waals surface area contributed by atoms with Crippen LogP contribution in [0.5, 0.6) is 0 Å². The van der Waals surface area contributed by atoms with E-state index in [1.807, 2.05) is 42.6 Å². The van der Waals surface area contributed by atoms with Crippen LogP contribution in [-0.2, 0) is 13.1 Å². The summed E-state index contributed by atoms with van der Waals surface area (Å²) in [4.78, 5) is 29.8. The lowest BCUT2D eigenvalue weighted by molar-refractivity contribution is 0.0956. The molecule has 0 saturated heterocycles. The normalized spacial score (nSPS) is 11.0. The molecular weight excluding hydrogens is 374 g/mol. The van der Waals surface area contributed by atoms with Crippen molar-refractivity contribution in [2.24, 2.45) is 0 Å². The Bertz CT molecular complexity index is 1160. The number of hydrogen-bond acceptors (Lipinski definition) is 5. The van der Waals surface area contributed by atoms with Gasteiger partial charge in [0.1, 0.15) is 11.7 Å². The van der Waals surface area contributed by atoms with Crippen LogP contribution in [0.1, 0.15) is 20.8 Å². The Morgan fingerprint density at radius 3 is 2.79 bits per heavy atom. The predicted octanol–water partition coefficient (Wildman–Crippen LogP) is 2.44. The second-order valence-corrected chi connectivity index (χ2v) is 7.45. The summed E-state index contributed by atoms with van der Waals surface area (Å²) in [5.74, 6) is -0.111. The van der Waals surface area contributed by atoms with Crippen molar-refractivity contribution in [2.75, 3.05) is 6.54 Å². The summed E-state index contributed by atoms with van der Waals surface area (Å²) < 4.78 is 3.22. The van der Waals surface area contributed by atoms with Crippen molar-refractivity contribution in [3.63, 3.8) is 0 Å². The Morgan fingerprint density at radius 1 is 1.21 bits per heavy atom. The molecule has 0 aliphatic carbocycles. The third-order valence-corrected chi connectivity index (χ3v) is 5.32. The molecule has 0 bridgehead atoms. The van der Waals surface area contributed by atoms with Crippen molar-refractivity contribution in [1.29, 1.82) is 0 Å². The lowest BCUT2D eigenvalue weighted by Crippen LogP contribution is -2.27. The molecule has 4 rings (SSSR count). The number of fused-ring (bicyclic) bond motifs is 1. The number of aryl methyl sites for hydroxylation is 1. The highest BCUT2D eigenvalue weighted by Crippen LogP contribution is 2.09. The maximum atomic E-state index is 12.8. The lowest BCUT2D eigenvalue weighted by atomic mass is 10.1. The summed E-state index contributed by atoms with van der Waals surface area (Å²) in [7, 11) is 0. The Morgan fingerprint density at radius 2 is 2.04 bits per heavy atom. The second kappa shape index (κ2) is 7.77. The van der Waals surface area contributed by atoms with Gasteiger partial charge in [-0.3, -0.25) is 14.2 Å². The summed E-state index contributed by atoms with van der Waals surface area (Å²) in [5, 5.41) is 9.45. The molecule has 28 heavy (non-hydrogen) atoms. The summed E-state index contributed by atoms with van der Waals surface area (Å²) in [5.41, 5.74) is 2.62. The summed E-state index contributed by atoms with van der Waals surface area (Å²) in [6.07, 6.45) is 3.09. The van der Waals surface area contributed by atoms with Gasteiger partial charge in [0, 0.05) is 6.54 Å². The van der Waals surface area contributed by atoms with Crippen LogP contribution < -0.4 is 10.9 Å². The van der Waals surface area contributed by atoms with Gasteiger partial charge >= 0.3 is 0 Å². The molecule has 0 saturated carbocycles. The molecule has 0 aliphatic rings. The molecule has 0 radical (unpaired) electrons. The molecule has 0 aliphatic heterocycles. The first-order valence-corrected chi connectivity index (χ1v) is 9.78. The average Bonchev–Trinajstić information content (AvgIpc) is 3.36. The molecule has 3 heterocycles. The number of aromatic nitrogens is 4. The third-order valence-electron chi connectivity index (χ3n) is 4.45. The maximum Gasteiger partial charge on any atom is 0.264 e. The molecule has 1 N–H and O–H groups in total. The van der Waals surface area contributed by atoms with Gasteiger partial charge in [-0.15, -0.1) is 11.3 Å². The highest BCUT2D eigenvalue weighted by atomic mass is 32.1. The quantitative estimate of drug-likeness (QED) is 0.546. The number of carbonyl (C=O) groups excluding carboxylic acids is 1. The summed E-state index contributed by atoms with van der Waals surface area (Å²) in [6, 6.07) is 11.7. The standard InChI is InChI=1S/C20H19N5O2S/c1-14-4-6-15(7-5-14)12-24-13-22-18-16(20(24)27)11-23-25(18)9-8-21-19(26)17-3-2-10-28-17/h2-7,10-11,13H,8-9,12H2,1H3,(H,21,26). The maximum absolute atomic E-state index is 12.8. The molecule has 4 aromatic rings. The van der Waals surface area contributed by atoms with Crippen LogP contribution in [-0.4, -0.2) is 31.8 Å². The predicted molar refractivity (Wildman–Crippen MR) is 109 cm³/mol. The zero-order chi connectivity index (χ0) is 19.5. The molecule has 3 aromatic heterocycles. The van der Waals surface area contributed by atoms with Crippen molar-refractivity contribution in [3.8, 4) is 0 Å². The molecular formula is C20H19N5O2S. The minimum atomic E-state index is -0.126. The zero-order valence-corrected chi connectivity index (χ0v) is 16.1. The molecule has 142 valence electrons. The fourth-order valence-corrected chi connectivity index (χ4v) is 3.57. The Labute approximate surface area is 165 Å². The van der Waals surface area contributed by atoms with E-state index in [1.165, 1.54) is 23.1 Å². The largest absolute Gasteiger partial charge is 0.349 e. The van der Waals surface area contributed by atoms with Gasteiger partial charge in [-0.1, -0.05) is 35.9 Å². The number of nitrogens with one attached hydrogen (secondary N) is 1. The fraction of sp³-hybridized carbons (Fsp3) is 0.200. The summed E-state index contributed by atoms with van der Waals surface area (Å²) in [6.45, 7) is 3.33. The van der Waals surface area contributed by atoms with Gasteiger partial charge in [0.05, 0.1) is 24.2 Å². The SMILES string of the molecule is Cc1ccc(Cn2cnc3c(cnn3CCNC(=O)c3cccs3)c2=O)cc1. The molecule has 8 heteroatoms. The number of thiophene rings is 1. The smallest absolute Gasteiger partial charge is 0.264 e. The molecule has 7 nitrogen and oxygen atoms in total. The number of carbonyl (C=O) groups is 1. The molecule has 0 unspecified atom stereocenters. The molecule has 1 amide bonds. The topological polar surface area (TPSA) is 81.8 Å². The fourth-order valence-electron chi connectivity index (χ4n) is 2.93. The van der Waals surface area contributed by atoms with Gasteiger partial charge in [-0.05, 0) is 23.9 Å². The zero-order valence-electron chi connectivity index (χ0n) is 15.3. The number of nitrogens with zero attached hydrogens (tertiary/aromatic N) is 4. The molecule has 0 atom stereocenters. The van der Waals surface area contributed by atoms with Crippen LogP contribution in [0.25, 0.3) is 11.0 Å². The number of rotatable bonds is 6. The second-order valence-electron chi connectivity index (χ2n) is 6.50. The first kappa shape index (κ1) is 18.1. The van der Waals surface area contributed by atoms with Crippen molar-refractivity contribution < 1.29 is 4.79 Å². The Kier molecular flexibility index (Phi) is 5.03. The Balaban J connectivity index is 1.47. The molecule has 0 fully saturated rings.